The van der Waals surface area contributed by atoms with E-state index in [1.54, 1.807) is 11.3 Å². The van der Waals surface area contributed by atoms with Gasteiger partial charge in [-0.15, -0.1) is 22.9 Å². The van der Waals surface area contributed by atoms with Crippen LogP contribution in [0.1, 0.15) is 36.5 Å². The van der Waals surface area contributed by atoms with Gasteiger partial charge in [-0.3, -0.25) is 4.90 Å². The first-order valence-corrected chi connectivity index (χ1v) is 8.74. The van der Waals surface area contributed by atoms with Crippen molar-refractivity contribution in [1.82, 2.24) is 9.88 Å². The van der Waals surface area contributed by atoms with Crippen LogP contribution in [0.25, 0.3) is 0 Å². The third kappa shape index (κ3) is 3.60. The molecule has 0 saturated carbocycles. The number of halogens is 1. The van der Waals surface area contributed by atoms with Crippen LogP contribution in [-0.2, 0) is 5.88 Å². The highest BCUT2D eigenvalue weighted by Crippen LogP contribution is 2.29. The van der Waals surface area contributed by atoms with E-state index in [0.29, 0.717) is 11.9 Å². The lowest BCUT2D eigenvalue weighted by atomic mass is 10.2. The fourth-order valence-corrected chi connectivity index (χ4v) is 4.37. The van der Waals surface area contributed by atoms with Crippen LogP contribution in [0.3, 0.4) is 0 Å². The van der Waals surface area contributed by atoms with Crippen LogP contribution >= 0.6 is 34.7 Å². The zero-order valence-corrected chi connectivity index (χ0v) is 12.6. The Bertz CT molecular complexity index is 335. The molecule has 1 aromatic heterocycles. The molecular weight excluding hydrogens is 272 g/mol. The Morgan fingerprint density at radius 2 is 2.35 bits per heavy atom. The number of thiazole rings is 1. The van der Waals surface area contributed by atoms with E-state index in [9.17, 15) is 0 Å². The molecule has 2 heterocycles. The summed E-state index contributed by atoms with van der Waals surface area (Å²) in [5.74, 6) is 3.09. The number of nitrogens with zero attached hydrogens (tertiary/aromatic N) is 2. The summed E-state index contributed by atoms with van der Waals surface area (Å²) >= 11 is 9.66. The predicted molar refractivity (Wildman–Crippen MR) is 78.2 cm³/mol. The molecule has 0 amide bonds. The SMILES string of the molecule is CCC(c1nc(CCl)cs1)N1CCCSCC1. The topological polar surface area (TPSA) is 16.1 Å². The Labute approximate surface area is 117 Å². The molecule has 1 aliphatic heterocycles. The van der Waals surface area contributed by atoms with E-state index in [4.69, 9.17) is 11.6 Å². The van der Waals surface area contributed by atoms with Crippen LogP contribution in [0, 0.1) is 0 Å². The van der Waals surface area contributed by atoms with Crippen molar-refractivity contribution in [2.24, 2.45) is 0 Å². The maximum Gasteiger partial charge on any atom is 0.110 e. The maximum absolute atomic E-state index is 5.83. The highest BCUT2D eigenvalue weighted by molar-refractivity contribution is 7.99. The largest absolute Gasteiger partial charge is 0.293 e. The van der Waals surface area contributed by atoms with E-state index in [-0.39, 0.29) is 0 Å². The standard InChI is InChI=1S/C12H19ClN2S2/c1-2-11(12-14-10(8-13)9-17-12)15-4-3-6-16-7-5-15/h9,11H,2-8H2,1H3. The van der Waals surface area contributed by atoms with Crippen molar-refractivity contribution >= 4 is 34.7 Å². The summed E-state index contributed by atoms with van der Waals surface area (Å²) in [5, 5.41) is 3.34. The Hall–Kier alpha value is 0.230. The molecule has 1 atom stereocenters. The minimum absolute atomic E-state index is 0.496. The van der Waals surface area contributed by atoms with Crippen LogP contribution < -0.4 is 0 Å². The van der Waals surface area contributed by atoms with Gasteiger partial charge >= 0.3 is 0 Å². The Morgan fingerprint density at radius 3 is 3.06 bits per heavy atom. The average molecular weight is 291 g/mol. The zero-order chi connectivity index (χ0) is 12.1. The second kappa shape index (κ2) is 6.98. The molecule has 1 aliphatic rings. The van der Waals surface area contributed by atoms with Gasteiger partial charge in [-0.25, -0.2) is 4.98 Å². The lowest BCUT2D eigenvalue weighted by Gasteiger charge is -2.27. The van der Waals surface area contributed by atoms with Gasteiger partial charge in [0.2, 0.25) is 0 Å². The highest BCUT2D eigenvalue weighted by Gasteiger charge is 2.22. The molecule has 1 unspecified atom stereocenters. The molecule has 0 radical (unpaired) electrons. The van der Waals surface area contributed by atoms with E-state index >= 15 is 0 Å². The minimum atomic E-state index is 0.496. The van der Waals surface area contributed by atoms with Crippen molar-refractivity contribution < 1.29 is 0 Å². The first kappa shape index (κ1) is 13.7. The fourth-order valence-electron chi connectivity index (χ4n) is 2.20. The molecule has 2 rings (SSSR count). The Morgan fingerprint density at radius 1 is 1.47 bits per heavy atom. The molecule has 1 fully saturated rings. The van der Waals surface area contributed by atoms with Crippen LogP contribution in [0.2, 0.25) is 0 Å². The first-order chi connectivity index (χ1) is 8.35. The normalized spacial score (nSPS) is 20.1. The molecular formula is C12H19ClN2S2. The molecule has 2 nitrogen and oxygen atoms in total. The van der Waals surface area contributed by atoms with Gasteiger partial charge in [-0.05, 0) is 25.1 Å². The fraction of sp³-hybridized carbons (Fsp3) is 0.750. The van der Waals surface area contributed by atoms with Crippen molar-refractivity contribution in [3.63, 3.8) is 0 Å². The third-order valence-corrected chi connectivity index (χ3v) is 5.39. The van der Waals surface area contributed by atoms with Gasteiger partial charge in [0.05, 0.1) is 17.6 Å². The molecule has 0 spiro atoms. The van der Waals surface area contributed by atoms with Crippen molar-refractivity contribution in [3.05, 3.63) is 16.1 Å². The second-order valence-electron chi connectivity index (χ2n) is 4.24. The molecule has 0 aromatic carbocycles. The van der Waals surface area contributed by atoms with Crippen molar-refractivity contribution in [3.8, 4) is 0 Å². The molecule has 0 N–H and O–H groups in total. The Balaban J connectivity index is 2.08. The smallest absolute Gasteiger partial charge is 0.110 e. The van der Waals surface area contributed by atoms with Gasteiger partial charge in [0, 0.05) is 17.7 Å². The average Bonchev–Trinajstić information content (AvgIpc) is 2.66. The summed E-state index contributed by atoms with van der Waals surface area (Å²) in [4.78, 5) is 7.24. The van der Waals surface area contributed by atoms with E-state index in [1.165, 1.54) is 36.0 Å². The lowest BCUT2D eigenvalue weighted by Crippen LogP contribution is -2.30. The number of rotatable bonds is 4. The summed E-state index contributed by atoms with van der Waals surface area (Å²) in [5.41, 5.74) is 1.02. The van der Waals surface area contributed by atoms with Crippen molar-refractivity contribution in [1.29, 1.82) is 0 Å². The van der Waals surface area contributed by atoms with Gasteiger partial charge in [0.25, 0.3) is 0 Å². The van der Waals surface area contributed by atoms with Crippen LogP contribution in [0.5, 0.6) is 0 Å². The van der Waals surface area contributed by atoms with Crippen LogP contribution in [-0.4, -0.2) is 34.5 Å². The van der Waals surface area contributed by atoms with Crippen LogP contribution in [0.4, 0.5) is 0 Å². The molecule has 0 aliphatic carbocycles. The minimum Gasteiger partial charge on any atom is -0.293 e. The van der Waals surface area contributed by atoms with Crippen molar-refractivity contribution in [2.45, 2.75) is 31.7 Å². The van der Waals surface area contributed by atoms with Gasteiger partial charge < -0.3 is 0 Å². The molecule has 5 heteroatoms. The van der Waals surface area contributed by atoms with E-state index in [0.717, 1.165) is 12.1 Å². The third-order valence-electron chi connectivity index (χ3n) is 3.08. The Kier molecular flexibility index (Phi) is 5.60. The van der Waals surface area contributed by atoms with E-state index < -0.39 is 0 Å². The molecule has 96 valence electrons. The summed E-state index contributed by atoms with van der Waals surface area (Å²) in [6, 6.07) is 0.496. The number of aromatic nitrogens is 1. The number of thioether (sulfide) groups is 1. The second-order valence-corrected chi connectivity index (χ2v) is 6.62. The first-order valence-electron chi connectivity index (χ1n) is 6.17. The van der Waals surface area contributed by atoms with Crippen LogP contribution in [0.15, 0.2) is 5.38 Å². The maximum atomic E-state index is 5.83. The lowest BCUT2D eigenvalue weighted by molar-refractivity contribution is 0.207. The van der Waals surface area contributed by atoms with Gasteiger partial charge in [0.1, 0.15) is 5.01 Å². The highest BCUT2D eigenvalue weighted by atomic mass is 35.5. The molecule has 1 aromatic rings. The number of hydrogen-bond acceptors (Lipinski definition) is 4. The summed E-state index contributed by atoms with van der Waals surface area (Å²) in [7, 11) is 0. The quantitative estimate of drug-likeness (QED) is 0.785. The molecule has 1 saturated heterocycles. The summed E-state index contributed by atoms with van der Waals surface area (Å²) < 4.78 is 0. The van der Waals surface area contributed by atoms with Gasteiger partial charge in [-0.2, -0.15) is 11.8 Å². The number of alkyl halides is 1. The van der Waals surface area contributed by atoms with Crippen molar-refractivity contribution in [2.75, 3.05) is 24.6 Å². The monoisotopic (exact) mass is 290 g/mol. The predicted octanol–water partition coefficient (Wildman–Crippen LogP) is 3.77. The van der Waals surface area contributed by atoms with E-state index in [1.807, 2.05) is 0 Å². The molecule has 17 heavy (non-hydrogen) atoms. The van der Waals surface area contributed by atoms with E-state index in [2.05, 4.69) is 33.9 Å². The zero-order valence-electron chi connectivity index (χ0n) is 10.2. The summed E-state index contributed by atoms with van der Waals surface area (Å²) in [6.07, 6.45) is 2.44. The summed E-state index contributed by atoms with van der Waals surface area (Å²) in [6.45, 7) is 4.66. The van der Waals surface area contributed by atoms with Gasteiger partial charge in [-0.1, -0.05) is 6.92 Å². The molecule has 0 bridgehead atoms. The number of hydrogen-bond donors (Lipinski definition) is 0. The van der Waals surface area contributed by atoms with Gasteiger partial charge in [0.15, 0.2) is 0 Å².